The Balaban J connectivity index is 1.83. The first kappa shape index (κ1) is 20.3. The maximum atomic E-state index is 13.5. The van der Waals surface area contributed by atoms with Crippen LogP contribution >= 0.6 is 0 Å². The molecule has 0 saturated carbocycles. The molecule has 0 saturated heterocycles. The number of hydrogen-bond donors (Lipinski definition) is 2. The van der Waals surface area contributed by atoms with Gasteiger partial charge in [-0.3, -0.25) is 9.52 Å². The van der Waals surface area contributed by atoms with Crippen molar-refractivity contribution in [1.29, 1.82) is 0 Å². The van der Waals surface area contributed by atoms with E-state index in [1.54, 1.807) is 31.3 Å². The van der Waals surface area contributed by atoms with Crippen LogP contribution in [0.1, 0.15) is 6.92 Å². The van der Waals surface area contributed by atoms with Crippen LogP contribution in [0.4, 0.5) is 21.5 Å². The van der Waals surface area contributed by atoms with E-state index < -0.39 is 10.0 Å². The minimum Gasteiger partial charge on any atom is -0.350 e. The Morgan fingerprint density at radius 1 is 1.12 bits per heavy atom. The lowest BCUT2D eigenvalue weighted by Gasteiger charge is -2.27. The van der Waals surface area contributed by atoms with Crippen LogP contribution < -0.4 is 30.6 Å². The smallest absolute Gasteiger partial charge is 0.258 e. The van der Waals surface area contributed by atoms with Crippen molar-refractivity contribution in [2.75, 3.05) is 29.1 Å². The number of H-pyrrole nitrogens is 1. The molecular weight excluding hydrogens is 431 g/mol. The number of aromatic nitrogens is 1. The topological polar surface area (TPSA) is 85.5 Å². The quantitative estimate of drug-likeness (QED) is 0.628. The molecule has 1 aliphatic carbocycles. The Morgan fingerprint density at radius 2 is 1.88 bits per heavy atom. The predicted octanol–water partition coefficient (Wildman–Crippen LogP) is 1.56. The van der Waals surface area contributed by atoms with E-state index >= 15 is 0 Å². The Morgan fingerprint density at radius 3 is 2.59 bits per heavy atom. The molecule has 9 heteroatoms. The molecule has 4 aliphatic rings. The SMILES string of the molecule is CCS(=O)(=O)NC1=c2ccc3c4c([nH]c(=O)c-4c2N(C)C=C1)=CCN3c1ccc(F)cc1. The molecule has 0 bridgehead atoms. The van der Waals surface area contributed by atoms with Gasteiger partial charge in [-0.15, -0.1) is 0 Å². The number of sulfonamides is 1. The lowest BCUT2D eigenvalue weighted by atomic mass is 10.0. The third-order valence-corrected chi connectivity index (χ3v) is 7.10. The Bertz CT molecular complexity index is 1520. The highest BCUT2D eigenvalue weighted by molar-refractivity contribution is 7.89. The van der Waals surface area contributed by atoms with Gasteiger partial charge in [-0.25, -0.2) is 12.8 Å². The van der Waals surface area contributed by atoms with E-state index in [2.05, 4.69) is 9.71 Å². The van der Waals surface area contributed by atoms with Gasteiger partial charge in [0, 0.05) is 41.6 Å². The molecule has 0 aromatic heterocycles. The minimum atomic E-state index is -3.52. The fourth-order valence-electron chi connectivity index (χ4n) is 4.23. The van der Waals surface area contributed by atoms with E-state index in [0.717, 1.165) is 22.3 Å². The van der Waals surface area contributed by atoms with E-state index in [1.165, 1.54) is 12.1 Å². The van der Waals surface area contributed by atoms with Crippen molar-refractivity contribution in [3.05, 3.63) is 75.4 Å². The van der Waals surface area contributed by atoms with Gasteiger partial charge in [-0.1, -0.05) is 0 Å². The summed E-state index contributed by atoms with van der Waals surface area (Å²) in [6.45, 7) is 2.06. The second-order valence-corrected chi connectivity index (χ2v) is 9.75. The average molecular weight is 453 g/mol. The van der Waals surface area contributed by atoms with Crippen molar-refractivity contribution in [2.45, 2.75) is 6.92 Å². The molecule has 32 heavy (non-hydrogen) atoms. The van der Waals surface area contributed by atoms with Crippen LogP contribution in [0.25, 0.3) is 22.9 Å². The first-order chi connectivity index (χ1) is 15.3. The number of nitrogens with one attached hydrogen (secondary N) is 2. The average Bonchev–Trinajstić information content (AvgIpc) is 2.98. The van der Waals surface area contributed by atoms with Crippen LogP contribution in [-0.4, -0.2) is 32.7 Å². The van der Waals surface area contributed by atoms with Crippen LogP contribution in [0.15, 0.2) is 53.5 Å². The third-order valence-electron chi connectivity index (χ3n) is 5.81. The van der Waals surface area contributed by atoms with E-state index in [9.17, 15) is 17.6 Å². The van der Waals surface area contributed by atoms with Crippen molar-refractivity contribution >= 4 is 38.9 Å². The molecule has 164 valence electrons. The Labute approximate surface area is 184 Å². The van der Waals surface area contributed by atoms with Crippen molar-refractivity contribution in [3.8, 4) is 11.1 Å². The number of halogens is 1. The van der Waals surface area contributed by atoms with Crippen molar-refractivity contribution in [3.63, 3.8) is 0 Å². The predicted molar refractivity (Wildman–Crippen MR) is 124 cm³/mol. The number of fused-ring (bicyclic) bond motifs is 2. The Hall–Kier alpha value is -3.59. The molecule has 1 aromatic carbocycles. The first-order valence-corrected chi connectivity index (χ1v) is 11.8. The number of aromatic amines is 1. The van der Waals surface area contributed by atoms with Gasteiger partial charge in [0.25, 0.3) is 5.56 Å². The molecular formula is C23H21FN4O3S. The van der Waals surface area contributed by atoms with E-state index in [0.29, 0.717) is 28.7 Å². The number of nitrogens with zero attached hydrogens (tertiary/aromatic N) is 2. The maximum Gasteiger partial charge on any atom is 0.258 e. The molecule has 5 rings (SSSR count). The van der Waals surface area contributed by atoms with Crippen LogP contribution in [0.2, 0.25) is 0 Å². The summed E-state index contributed by atoms with van der Waals surface area (Å²) in [6.07, 6.45) is 5.34. The number of rotatable bonds is 4. The third kappa shape index (κ3) is 3.16. The molecule has 3 aliphatic heterocycles. The second-order valence-electron chi connectivity index (χ2n) is 7.74. The largest absolute Gasteiger partial charge is 0.350 e. The molecule has 7 nitrogen and oxygen atoms in total. The molecule has 3 heterocycles. The highest BCUT2D eigenvalue weighted by Gasteiger charge is 2.28. The van der Waals surface area contributed by atoms with Gasteiger partial charge < -0.3 is 14.8 Å². The van der Waals surface area contributed by atoms with Gasteiger partial charge in [-0.05, 0) is 55.5 Å². The highest BCUT2D eigenvalue weighted by Crippen LogP contribution is 2.37. The van der Waals surface area contributed by atoms with Gasteiger partial charge in [-0.2, -0.15) is 0 Å². The summed E-state index contributed by atoms with van der Waals surface area (Å²) in [6, 6.07) is 9.88. The summed E-state index contributed by atoms with van der Waals surface area (Å²) in [4.78, 5) is 19.8. The van der Waals surface area contributed by atoms with Crippen LogP contribution in [0.3, 0.4) is 0 Å². The zero-order valence-electron chi connectivity index (χ0n) is 17.5. The molecule has 0 unspecified atom stereocenters. The number of hydrogen-bond acceptors (Lipinski definition) is 5. The van der Waals surface area contributed by atoms with Crippen molar-refractivity contribution in [2.24, 2.45) is 0 Å². The normalized spacial score (nSPS) is 15.0. The summed E-state index contributed by atoms with van der Waals surface area (Å²) in [5.41, 5.74) is 3.55. The lowest BCUT2D eigenvalue weighted by Crippen LogP contribution is -2.32. The molecule has 2 N–H and O–H groups in total. The van der Waals surface area contributed by atoms with E-state index in [-0.39, 0.29) is 17.1 Å². The summed E-state index contributed by atoms with van der Waals surface area (Å²) in [5, 5.41) is 1.32. The van der Waals surface area contributed by atoms with E-state index in [1.807, 2.05) is 35.1 Å². The van der Waals surface area contributed by atoms with Gasteiger partial charge in [0.2, 0.25) is 10.0 Å². The fraction of sp³-hybridized carbons (Fsp3) is 0.174. The second kappa shape index (κ2) is 7.23. The summed E-state index contributed by atoms with van der Waals surface area (Å²) in [5.74, 6) is -0.392. The lowest BCUT2D eigenvalue weighted by molar-refractivity contribution is 0.593. The fourth-order valence-corrected chi connectivity index (χ4v) is 4.89. The molecule has 0 fully saturated rings. The maximum absolute atomic E-state index is 13.5. The first-order valence-electron chi connectivity index (χ1n) is 10.2. The van der Waals surface area contributed by atoms with Crippen LogP contribution in [-0.2, 0) is 10.0 Å². The Kier molecular flexibility index (Phi) is 4.59. The minimum absolute atomic E-state index is 0.0659. The zero-order chi connectivity index (χ0) is 22.6. The molecule has 0 atom stereocenters. The van der Waals surface area contributed by atoms with E-state index in [4.69, 9.17) is 0 Å². The zero-order valence-corrected chi connectivity index (χ0v) is 18.3. The molecule has 1 aromatic rings. The summed E-state index contributed by atoms with van der Waals surface area (Å²) in [7, 11) is -1.70. The summed E-state index contributed by atoms with van der Waals surface area (Å²) < 4.78 is 40.7. The van der Waals surface area contributed by atoms with Crippen molar-refractivity contribution in [1.82, 2.24) is 9.71 Å². The number of anilines is 3. The van der Waals surface area contributed by atoms with Gasteiger partial charge in [0.15, 0.2) is 0 Å². The highest BCUT2D eigenvalue weighted by atomic mass is 32.2. The standard InChI is InChI=1S/C23H21FN4O3S/c1-3-32(30,31)26-17-10-12-27(2)22-16(17)8-9-19-20-18(25-23(29)21(20)22)11-13-28(19)15-6-4-14(24)5-7-15/h4-12,26H,3,13H2,1-2H3,(H,25,29). The van der Waals surface area contributed by atoms with Gasteiger partial charge in [0.05, 0.1) is 28.4 Å². The summed E-state index contributed by atoms with van der Waals surface area (Å²) >= 11 is 0. The van der Waals surface area contributed by atoms with Crippen LogP contribution in [0, 0.1) is 5.82 Å². The molecule has 0 amide bonds. The van der Waals surface area contributed by atoms with Gasteiger partial charge >= 0.3 is 0 Å². The van der Waals surface area contributed by atoms with Crippen LogP contribution in [0.5, 0.6) is 0 Å². The van der Waals surface area contributed by atoms with Crippen molar-refractivity contribution < 1.29 is 12.8 Å². The molecule has 0 radical (unpaired) electrons. The monoisotopic (exact) mass is 452 g/mol. The number of benzene rings is 1. The molecule has 0 spiro atoms. The van der Waals surface area contributed by atoms with Gasteiger partial charge in [0.1, 0.15) is 5.82 Å².